The van der Waals surface area contributed by atoms with Crippen molar-refractivity contribution in [1.82, 2.24) is 10.6 Å². The fraction of sp³-hybridized carbons (Fsp3) is 0.385. The molecule has 98 valence electrons. The van der Waals surface area contributed by atoms with E-state index in [1.54, 1.807) is 18.2 Å². The van der Waals surface area contributed by atoms with E-state index in [1.165, 1.54) is 0 Å². The third kappa shape index (κ3) is 4.75. The van der Waals surface area contributed by atoms with Crippen LogP contribution in [0.25, 0.3) is 0 Å². The molecule has 18 heavy (non-hydrogen) atoms. The number of benzene rings is 1. The summed E-state index contributed by atoms with van der Waals surface area (Å²) in [5, 5.41) is 5.75. The van der Waals surface area contributed by atoms with Gasteiger partial charge in [-0.2, -0.15) is 0 Å². The minimum atomic E-state index is -0.629. The first kappa shape index (κ1) is 14.5. The molecule has 0 radical (unpaired) electrons. The topological polar surface area (TPSA) is 58.2 Å². The second kappa shape index (κ2) is 7.01. The van der Waals surface area contributed by atoms with Gasteiger partial charge in [0, 0.05) is 17.6 Å². The Morgan fingerprint density at radius 2 is 2.06 bits per heavy atom. The Morgan fingerprint density at radius 1 is 1.33 bits per heavy atom. The molecule has 4 nitrogen and oxygen atoms in total. The first-order chi connectivity index (χ1) is 8.52. The zero-order chi connectivity index (χ0) is 13.5. The molecular formula is C13H17ClN2O2. The van der Waals surface area contributed by atoms with Crippen LogP contribution in [0.3, 0.4) is 0 Å². The van der Waals surface area contributed by atoms with Crippen molar-refractivity contribution in [2.75, 3.05) is 0 Å². The lowest BCUT2D eigenvalue weighted by atomic mass is 10.2. The summed E-state index contributed by atoms with van der Waals surface area (Å²) in [6.45, 7) is 4.07. The molecule has 0 spiro atoms. The summed E-state index contributed by atoms with van der Waals surface area (Å²) in [4.78, 5) is 22.9. The van der Waals surface area contributed by atoms with Gasteiger partial charge < -0.3 is 10.6 Å². The summed E-state index contributed by atoms with van der Waals surface area (Å²) in [6, 6.07) is 7.12. The molecule has 0 aliphatic rings. The van der Waals surface area contributed by atoms with Gasteiger partial charge in [0.1, 0.15) is 0 Å². The summed E-state index contributed by atoms with van der Waals surface area (Å²) >= 11 is 5.82. The van der Waals surface area contributed by atoms with Gasteiger partial charge in [-0.25, -0.2) is 0 Å². The number of carbonyl (C=O) groups excluding carboxylic acids is 2. The maximum atomic E-state index is 11.5. The first-order valence-electron chi connectivity index (χ1n) is 5.86. The predicted octanol–water partition coefficient (Wildman–Crippen LogP) is 1.87. The lowest BCUT2D eigenvalue weighted by Gasteiger charge is -2.11. The summed E-state index contributed by atoms with van der Waals surface area (Å²) in [5.41, 5.74) is 0.854. The Bertz CT molecular complexity index is 435. The molecular weight excluding hydrogens is 252 g/mol. The molecule has 1 rings (SSSR count). The summed E-state index contributed by atoms with van der Waals surface area (Å²) in [5.74, 6) is -1.23. The number of halogens is 1. The quantitative estimate of drug-likeness (QED) is 0.819. The lowest BCUT2D eigenvalue weighted by Crippen LogP contribution is -2.43. The van der Waals surface area contributed by atoms with Crippen LogP contribution in [0.15, 0.2) is 24.3 Å². The Morgan fingerprint density at radius 3 is 2.67 bits per heavy atom. The highest BCUT2D eigenvalue weighted by molar-refractivity contribution is 6.35. The number of carbonyl (C=O) groups is 2. The largest absolute Gasteiger partial charge is 0.345 e. The normalized spacial score (nSPS) is 11.7. The Balaban J connectivity index is 2.43. The second-order valence-corrected chi connectivity index (χ2v) is 4.53. The zero-order valence-corrected chi connectivity index (χ0v) is 11.3. The second-order valence-electron chi connectivity index (χ2n) is 4.10. The van der Waals surface area contributed by atoms with Crippen molar-refractivity contribution in [3.63, 3.8) is 0 Å². The molecule has 0 aliphatic carbocycles. The van der Waals surface area contributed by atoms with Gasteiger partial charge in [0.05, 0.1) is 0 Å². The molecule has 0 unspecified atom stereocenters. The van der Waals surface area contributed by atoms with Crippen molar-refractivity contribution >= 4 is 23.4 Å². The van der Waals surface area contributed by atoms with Gasteiger partial charge in [-0.05, 0) is 31.0 Å². The van der Waals surface area contributed by atoms with E-state index < -0.39 is 11.8 Å². The fourth-order valence-electron chi connectivity index (χ4n) is 1.30. The standard InChI is InChI=1S/C13H17ClN2O2/c1-3-9(2)16-13(18)12(17)15-8-10-5-4-6-11(14)7-10/h4-7,9H,3,8H2,1-2H3,(H,15,17)(H,16,18)/t9-/m0/s1. The molecule has 0 fully saturated rings. The number of amides is 2. The summed E-state index contributed by atoms with van der Waals surface area (Å²) in [6.07, 6.45) is 0.785. The van der Waals surface area contributed by atoms with E-state index in [4.69, 9.17) is 11.6 Å². The van der Waals surface area contributed by atoms with Crippen LogP contribution in [-0.4, -0.2) is 17.9 Å². The molecule has 1 aromatic rings. The molecule has 0 aliphatic heterocycles. The number of nitrogens with one attached hydrogen (secondary N) is 2. The van der Waals surface area contributed by atoms with Crippen molar-refractivity contribution in [2.24, 2.45) is 0 Å². The number of rotatable bonds is 4. The highest BCUT2D eigenvalue weighted by Crippen LogP contribution is 2.10. The minimum absolute atomic E-state index is 0.00517. The maximum absolute atomic E-state index is 11.5. The van der Waals surface area contributed by atoms with E-state index in [2.05, 4.69) is 10.6 Å². The third-order valence-electron chi connectivity index (χ3n) is 2.54. The van der Waals surface area contributed by atoms with Gasteiger partial charge in [0.15, 0.2) is 0 Å². The highest BCUT2D eigenvalue weighted by Gasteiger charge is 2.14. The van der Waals surface area contributed by atoms with E-state index in [9.17, 15) is 9.59 Å². The molecule has 5 heteroatoms. The van der Waals surface area contributed by atoms with Crippen LogP contribution in [0.1, 0.15) is 25.8 Å². The Hall–Kier alpha value is -1.55. The van der Waals surface area contributed by atoms with Crippen molar-refractivity contribution < 1.29 is 9.59 Å². The SMILES string of the molecule is CC[C@H](C)NC(=O)C(=O)NCc1cccc(Cl)c1. The molecule has 0 saturated carbocycles. The molecule has 0 bridgehead atoms. The monoisotopic (exact) mass is 268 g/mol. The van der Waals surface area contributed by atoms with Gasteiger partial charge in [-0.3, -0.25) is 9.59 Å². The van der Waals surface area contributed by atoms with Crippen LogP contribution >= 0.6 is 11.6 Å². The van der Waals surface area contributed by atoms with Crippen LogP contribution in [-0.2, 0) is 16.1 Å². The molecule has 0 aromatic heterocycles. The van der Waals surface area contributed by atoms with Gasteiger partial charge in [0.2, 0.25) is 0 Å². The number of hydrogen-bond donors (Lipinski definition) is 2. The van der Waals surface area contributed by atoms with Crippen LogP contribution in [0.2, 0.25) is 5.02 Å². The zero-order valence-electron chi connectivity index (χ0n) is 10.5. The van der Waals surface area contributed by atoms with Gasteiger partial charge in [0.25, 0.3) is 0 Å². The average molecular weight is 269 g/mol. The molecule has 1 atom stereocenters. The third-order valence-corrected chi connectivity index (χ3v) is 2.77. The fourth-order valence-corrected chi connectivity index (χ4v) is 1.51. The summed E-state index contributed by atoms with van der Waals surface area (Å²) in [7, 11) is 0. The predicted molar refractivity (Wildman–Crippen MR) is 71.2 cm³/mol. The van der Waals surface area contributed by atoms with Crippen molar-refractivity contribution in [3.8, 4) is 0 Å². The molecule has 0 heterocycles. The van der Waals surface area contributed by atoms with Crippen LogP contribution in [0.5, 0.6) is 0 Å². The first-order valence-corrected chi connectivity index (χ1v) is 6.24. The van der Waals surface area contributed by atoms with Crippen molar-refractivity contribution in [3.05, 3.63) is 34.9 Å². The minimum Gasteiger partial charge on any atom is -0.345 e. The van der Waals surface area contributed by atoms with Crippen LogP contribution in [0, 0.1) is 0 Å². The summed E-state index contributed by atoms with van der Waals surface area (Å²) < 4.78 is 0. The van der Waals surface area contributed by atoms with Crippen LogP contribution < -0.4 is 10.6 Å². The average Bonchev–Trinajstić information content (AvgIpc) is 2.35. The molecule has 2 N–H and O–H groups in total. The van der Waals surface area contributed by atoms with E-state index in [1.807, 2.05) is 19.9 Å². The Kier molecular flexibility index (Phi) is 5.65. The highest BCUT2D eigenvalue weighted by atomic mass is 35.5. The van der Waals surface area contributed by atoms with E-state index >= 15 is 0 Å². The van der Waals surface area contributed by atoms with E-state index in [0.29, 0.717) is 5.02 Å². The maximum Gasteiger partial charge on any atom is 0.309 e. The molecule has 1 aromatic carbocycles. The molecule has 0 saturated heterocycles. The van der Waals surface area contributed by atoms with Gasteiger partial charge >= 0.3 is 11.8 Å². The lowest BCUT2D eigenvalue weighted by molar-refractivity contribution is -0.139. The van der Waals surface area contributed by atoms with Crippen molar-refractivity contribution in [2.45, 2.75) is 32.9 Å². The molecule has 2 amide bonds. The number of hydrogen-bond acceptors (Lipinski definition) is 2. The van der Waals surface area contributed by atoms with E-state index in [-0.39, 0.29) is 12.6 Å². The van der Waals surface area contributed by atoms with Crippen LogP contribution in [0.4, 0.5) is 0 Å². The Labute approximate surface area is 112 Å². The van der Waals surface area contributed by atoms with Gasteiger partial charge in [-0.15, -0.1) is 0 Å². The van der Waals surface area contributed by atoms with E-state index in [0.717, 1.165) is 12.0 Å². The van der Waals surface area contributed by atoms with Gasteiger partial charge in [-0.1, -0.05) is 30.7 Å². The van der Waals surface area contributed by atoms with Crippen molar-refractivity contribution in [1.29, 1.82) is 0 Å². The smallest absolute Gasteiger partial charge is 0.309 e.